The lowest BCUT2D eigenvalue weighted by molar-refractivity contribution is 0.156. The van der Waals surface area contributed by atoms with Crippen molar-refractivity contribution in [2.75, 3.05) is 13.7 Å². The van der Waals surface area contributed by atoms with Crippen LogP contribution in [-0.2, 0) is 0 Å². The van der Waals surface area contributed by atoms with Gasteiger partial charge in [-0.2, -0.15) is 0 Å². The van der Waals surface area contributed by atoms with Crippen molar-refractivity contribution >= 4 is 22.7 Å². The number of halogens is 2. The van der Waals surface area contributed by atoms with Crippen LogP contribution in [0.1, 0.15) is 52.2 Å². The number of aliphatic hydroxyl groups is 1. The zero-order valence-corrected chi connectivity index (χ0v) is 16.4. The van der Waals surface area contributed by atoms with Crippen LogP contribution in [0.4, 0.5) is 4.39 Å². The summed E-state index contributed by atoms with van der Waals surface area (Å²) in [6.07, 6.45) is 2.48. The second-order valence-electron chi connectivity index (χ2n) is 7.00. The highest BCUT2D eigenvalue weighted by Gasteiger charge is 2.32. The molecule has 0 saturated heterocycles. The van der Waals surface area contributed by atoms with Crippen molar-refractivity contribution in [1.82, 2.24) is 0 Å². The molecule has 0 aliphatic carbocycles. The van der Waals surface area contributed by atoms with E-state index in [4.69, 9.17) is 21.1 Å². The quantitative estimate of drug-likeness (QED) is 0.730. The van der Waals surface area contributed by atoms with Crippen LogP contribution in [0.5, 0.6) is 11.5 Å². The van der Waals surface area contributed by atoms with Gasteiger partial charge in [0.25, 0.3) is 0 Å². The molecule has 2 rings (SSSR count). The first-order valence-electron chi connectivity index (χ1n) is 8.48. The van der Waals surface area contributed by atoms with Gasteiger partial charge in [0.2, 0.25) is 0 Å². The van der Waals surface area contributed by atoms with Gasteiger partial charge in [-0.05, 0) is 49.5 Å². The lowest BCUT2D eigenvalue weighted by Crippen LogP contribution is -2.30. The first-order chi connectivity index (χ1) is 11.7. The van der Waals surface area contributed by atoms with Crippen LogP contribution in [-0.4, -0.2) is 24.4 Å². The van der Waals surface area contributed by atoms with Gasteiger partial charge in [0.1, 0.15) is 22.2 Å². The number of hydrogen-bond donors (Lipinski definition) is 1. The van der Waals surface area contributed by atoms with Gasteiger partial charge in [0.15, 0.2) is 5.75 Å². The summed E-state index contributed by atoms with van der Waals surface area (Å²) in [6.45, 7) is 9.31. The Labute approximate surface area is 154 Å². The Kier molecular flexibility index (Phi) is 5.85. The summed E-state index contributed by atoms with van der Waals surface area (Å²) >= 11 is 6.59. The molecule has 1 aliphatic heterocycles. The fourth-order valence-electron chi connectivity index (χ4n) is 3.20. The average molecular weight is 369 g/mol. The van der Waals surface area contributed by atoms with Crippen molar-refractivity contribution in [3.05, 3.63) is 34.1 Å². The van der Waals surface area contributed by atoms with E-state index in [2.05, 4.69) is 19.9 Å². The van der Waals surface area contributed by atoms with E-state index in [1.807, 2.05) is 26.8 Å². The molecule has 0 fully saturated rings. The first kappa shape index (κ1) is 19.8. The molecule has 0 atom stereocenters. The molecule has 0 unspecified atom stereocenters. The first-order valence-corrected chi connectivity index (χ1v) is 8.86. The summed E-state index contributed by atoms with van der Waals surface area (Å²) in [5.74, 6) is 0.583. The Bertz CT molecular complexity index is 733. The third kappa shape index (κ3) is 3.70. The second kappa shape index (κ2) is 7.38. The molecule has 0 amide bonds. The molecule has 0 saturated carbocycles. The predicted octanol–water partition coefficient (Wildman–Crippen LogP) is 5.64. The summed E-state index contributed by atoms with van der Waals surface area (Å²) in [4.78, 5) is 0. The summed E-state index contributed by atoms with van der Waals surface area (Å²) < 4.78 is 25.8. The molecule has 138 valence electrons. The molecular weight excluding hydrogens is 343 g/mol. The Hall–Kier alpha value is -1.52. The molecule has 1 aliphatic rings. The van der Waals surface area contributed by atoms with E-state index in [0.29, 0.717) is 34.1 Å². The number of aliphatic hydroxyl groups excluding tert-OH is 1. The molecule has 0 bridgehead atoms. The average Bonchev–Trinajstić information content (AvgIpc) is 2.55. The maximum Gasteiger partial charge on any atom is 0.150 e. The second-order valence-corrected chi connectivity index (χ2v) is 7.38. The maximum atomic E-state index is 14.2. The van der Waals surface area contributed by atoms with Crippen LogP contribution >= 0.6 is 11.6 Å². The SMILES string of the molecule is CC/C(=C(\F)CO)c1cc2c(c(Cl)c1OC)OC(C)(C)C=C2C(C)C. The van der Waals surface area contributed by atoms with Crippen LogP contribution < -0.4 is 9.47 Å². The lowest BCUT2D eigenvalue weighted by Gasteiger charge is -2.34. The molecule has 0 radical (unpaired) electrons. The summed E-state index contributed by atoms with van der Waals surface area (Å²) in [5.41, 5.74) is 2.37. The number of rotatable bonds is 5. The van der Waals surface area contributed by atoms with Crippen LogP contribution in [0.25, 0.3) is 11.1 Å². The molecule has 0 spiro atoms. The molecule has 5 heteroatoms. The van der Waals surface area contributed by atoms with Crippen molar-refractivity contribution in [3.63, 3.8) is 0 Å². The van der Waals surface area contributed by atoms with E-state index in [1.54, 1.807) is 0 Å². The highest BCUT2D eigenvalue weighted by Crippen LogP contribution is 2.50. The number of ether oxygens (including phenoxy) is 2. The molecule has 1 aromatic rings. The Morgan fingerprint density at radius 1 is 1.40 bits per heavy atom. The van der Waals surface area contributed by atoms with E-state index in [0.717, 1.165) is 11.1 Å². The van der Waals surface area contributed by atoms with Crippen molar-refractivity contribution in [3.8, 4) is 11.5 Å². The van der Waals surface area contributed by atoms with Gasteiger partial charge in [-0.25, -0.2) is 4.39 Å². The van der Waals surface area contributed by atoms with Gasteiger partial charge in [-0.3, -0.25) is 0 Å². The molecule has 1 aromatic carbocycles. The Morgan fingerprint density at radius 2 is 2.04 bits per heavy atom. The smallest absolute Gasteiger partial charge is 0.150 e. The van der Waals surface area contributed by atoms with Gasteiger partial charge in [-0.15, -0.1) is 0 Å². The molecule has 3 nitrogen and oxygen atoms in total. The van der Waals surface area contributed by atoms with Crippen molar-refractivity contribution in [2.45, 2.75) is 46.6 Å². The van der Waals surface area contributed by atoms with Crippen molar-refractivity contribution in [1.29, 1.82) is 0 Å². The van der Waals surface area contributed by atoms with Crippen LogP contribution in [0.2, 0.25) is 5.02 Å². The van der Waals surface area contributed by atoms with Gasteiger partial charge in [0, 0.05) is 11.1 Å². The molecule has 1 N–H and O–H groups in total. The van der Waals surface area contributed by atoms with E-state index in [1.165, 1.54) is 7.11 Å². The minimum absolute atomic E-state index is 0.246. The Morgan fingerprint density at radius 3 is 2.52 bits per heavy atom. The Balaban J connectivity index is 2.84. The third-order valence-electron chi connectivity index (χ3n) is 4.33. The van der Waals surface area contributed by atoms with Crippen LogP contribution in [0.3, 0.4) is 0 Å². The normalized spacial score (nSPS) is 16.8. The fourth-order valence-corrected chi connectivity index (χ4v) is 3.52. The number of allylic oxidation sites excluding steroid dienone is 2. The van der Waals surface area contributed by atoms with Gasteiger partial charge >= 0.3 is 0 Å². The van der Waals surface area contributed by atoms with Crippen molar-refractivity contribution < 1.29 is 19.0 Å². The van der Waals surface area contributed by atoms with Crippen LogP contribution in [0.15, 0.2) is 18.0 Å². The minimum atomic E-state index is -0.655. The van der Waals surface area contributed by atoms with Crippen LogP contribution in [0, 0.1) is 5.92 Å². The van der Waals surface area contributed by atoms with E-state index >= 15 is 0 Å². The van der Waals surface area contributed by atoms with Gasteiger partial charge in [-0.1, -0.05) is 32.4 Å². The van der Waals surface area contributed by atoms with Gasteiger partial charge in [0.05, 0.1) is 13.7 Å². The zero-order chi connectivity index (χ0) is 18.9. The number of fused-ring (bicyclic) bond motifs is 1. The predicted molar refractivity (Wildman–Crippen MR) is 101 cm³/mol. The van der Waals surface area contributed by atoms with E-state index < -0.39 is 18.0 Å². The standard InChI is InChI=1S/C20H26ClFO3/c1-7-12(16(22)10-23)13-8-14-15(11(2)3)9-20(4,5)25-19(14)17(21)18(13)24-6/h8-9,11,23H,7,10H2,1-6H3/b16-12+. The molecule has 25 heavy (non-hydrogen) atoms. The minimum Gasteiger partial charge on any atom is -0.494 e. The molecule has 0 aromatic heterocycles. The molecule has 1 heterocycles. The fraction of sp³-hybridized carbons (Fsp3) is 0.500. The van der Waals surface area contributed by atoms with E-state index in [-0.39, 0.29) is 5.92 Å². The monoisotopic (exact) mass is 368 g/mol. The topological polar surface area (TPSA) is 38.7 Å². The number of hydrogen-bond acceptors (Lipinski definition) is 3. The van der Waals surface area contributed by atoms with Gasteiger partial charge < -0.3 is 14.6 Å². The highest BCUT2D eigenvalue weighted by atomic mass is 35.5. The third-order valence-corrected chi connectivity index (χ3v) is 4.67. The number of methoxy groups -OCH3 is 1. The largest absolute Gasteiger partial charge is 0.494 e. The number of benzene rings is 1. The van der Waals surface area contributed by atoms with E-state index in [9.17, 15) is 9.50 Å². The summed E-state index contributed by atoms with van der Waals surface area (Å²) in [5, 5.41) is 9.56. The molecular formula is C20H26ClFO3. The summed E-state index contributed by atoms with van der Waals surface area (Å²) in [7, 11) is 1.49. The summed E-state index contributed by atoms with van der Waals surface area (Å²) in [6, 6.07) is 1.86. The maximum absolute atomic E-state index is 14.2. The lowest BCUT2D eigenvalue weighted by atomic mass is 9.85. The zero-order valence-electron chi connectivity index (χ0n) is 15.7. The highest BCUT2D eigenvalue weighted by molar-refractivity contribution is 6.34. The van der Waals surface area contributed by atoms with Crippen molar-refractivity contribution in [2.24, 2.45) is 5.92 Å².